The van der Waals surface area contributed by atoms with Gasteiger partial charge >= 0.3 is 5.97 Å². The molecular formula is C23H45N5O5. The summed E-state index contributed by atoms with van der Waals surface area (Å²) in [5.41, 5.74) is 5.11. The minimum Gasteiger partial charge on any atom is -0.480 e. The van der Waals surface area contributed by atoms with Gasteiger partial charge in [-0.05, 0) is 64.2 Å². The van der Waals surface area contributed by atoms with Gasteiger partial charge in [0.2, 0.25) is 17.7 Å². The van der Waals surface area contributed by atoms with Crippen LogP contribution >= 0.6 is 0 Å². The molecule has 3 atom stereocenters. The van der Waals surface area contributed by atoms with Gasteiger partial charge in [-0.2, -0.15) is 0 Å². The topological polar surface area (TPSA) is 154 Å². The highest BCUT2D eigenvalue weighted by molar-refractivity contribution is 5.93. The first-order chi connectivity index (χ1) is 15.6. The van der Waals surface area contributed by atoms with E-state index in [1.165, 1.54) is 0 Å². The number of nitrogens with one attached hydrogen (secondary N) is 3. The molecule has 33 heavy (non-hydrogen) atoms. The average Bonchev–Trinajstić information content (AvgIpc) is 2.72. The largest absolute Gasteiger partial charge is 0.480 e. The van der Waals surface area contributed by atoms with E-state index in [0.717, 1.165) is 38.9 Å². The number of carbonyl (C=O) groups is 4. The molecule has 0 saturated heterocycles. The third-order valence-electron chi connectivity index (χ3n) is 5.32. The first kappa shape index (κ1) is 30.8. The minimum atomic E-state index is -1.44. The van der Waals surface area contributed by atoms with Crippen molar-refractivity contribution in [2.24, 2.45) is 11.7 Å². The van der Waals surface area contributed by atoms with E-state index in [4.69, 9.17) is 5.73 Å². The Labute approximate surface area is 198 Å². The molecule has 0 aliphatic heterocycles. The molecule has 192 valence electrons. The molecule has 0 aromatic heterocycles. The molecule has 10 nitrogen and oxygen atoms in total. The number of hydrogen-bond acceptors (Lipinski definition) is 6. The van der Waals surface area contributed by atoms with Crippen molar-refractivity contribution < 1.29 is 24.3 Å². The van der Waals surface area contributed by atoms with Gasteiger partial charge in [0.15, 0.2) is 0 Å². The third-order valence-corrected chi connectivity index (χ3v) is 5.32. The van der Waals surface area contributed by atoms with E-state index in [0.29, 0.717) is 19.4 Å². The smallest absolute Gasteiger partial charge is 0.326 e. The van der Waals surface area contributed by atoms with E-state index in [9.17, 15) is 24.3 Å². The molecule has 0 aliphatic rings. The van der Waals surface area contributed by atoms with E-state index in [2.05, 4.69) is 34.7 Å². The standard InChI is InChI=1S/C23H45N5O5/c1-6-12-28(13-7-2)14-10-9-11-17(26-22(31)20(16(4)5)25-8-3)21(30)27-18(23(32)33)15-19(24)29/h16-18,20,25H,6-15H2,1-5H3,(H2,24,29)(H,26,31)(H,27,30)(H,32,33)/t17-,18?,20-/m0/s1. The maximum atomic E-state index is 12.9. The number of nitrogens with two attached hydrogens (primary N) is 1. The van der Waals surface area contributed by atoms with Crippen molar-refractivity contribution in [2.75, 3.05) is 26.2 Å². The first-order valence-electron chi connectivity index (χ1n) is 12.1. The summed E-state index contributed by atoms with van der Waals surface area (Å²) in [7, 11) is 0. The Hall–Kier alpha value is -2.20. The number of rotatable bonds is 19. The van der Waals surface area contributed by atoms with Crippen LogP contribution in [0, 0.1) is 5.92 Å². The van der Waals surface area contributed by atoms with Gasteiger partial charge in [-0.3, -0.25) is 14.4 Å². The first-order valence-corrected chi connectivity index (χ1v) is 12.1. The fraction of sp³-hybridized carbons (Fsp3) is 0.826. The van der Waals surface area contributed by atoms with Gasteiger partial charge in [0, 0.05) is 0 Å². The molecule has 0 rings (SSSR count). The number of carboxylic acid groups (broad SMARTS) is 1. The van der Waals surface area contributed by atoms with Crippen molar-refractivity contribution in [2.45, 2.75) is 91.3 Å². The molecule has 0 radical (unpaired) electrons. The zero-order valence-corrected chi connectivity index (χ0v) is 21.0. The van der Waals surface area contributed by atoms with Crippen LogP contribution in [0.15, 0.2) is 0 Å². The molecule has 0 spiro atoms. The maximum Gasteiger partial charge on any atom is 0.326 e. The van der Waals surface area contributed by atoms with Crippen LogP contribution in [0.4, 0.5) is 0 Å². The van der Waals surface area contributed by atoms with Crippen LogP contribution in [-0.2, 0) is 19.2 Å². The lowest BCUT2D eigenvalue weighted by Gasteiger charge is -2.26. The van der Waals surface area contributed by atoms with Gasteiger partial charge < -0.3 is 31.7 Å². The van der Waals surface area contributed by atoms with E-state index >= 15 is 0 Å². The Bertz CT molecular complexity index is 608. The Morgan fingerprint density at radius 2 is 1.45 bits per heavy atom. The zero-order chi connectivity index (χ0) is 25.4. The van der Waals surface area contributed by atoms with Crippen LogP contribution in [0.5, 0.6) is 0 Å². The van der Waals surface area contributed by atoms with Crippen LogP contribution in [0.3, 0.4) is 0 Å². The molecule has 0 heterocycles. The fourth-order valence-corrected chi connectivity index (χ4v) is 3.71. The summed E-state index contributed by atoms with van der Waals surface area (Å²) in [5.74, 6) is -3.12. The van der Waals surface area contributed by atoms with Crippen molar-refractivity contribution >= 4 is 23.7 Å². The molecule has 0 fully saturated rings. The second-order valence-electron chi connectivity index (χ2n) is 8.75. The lowest BCUT2D eigenvalue weighted by atomic mass is 10.0. The summed E-state index contributed by atoms with van der Waals surface area (Å²) in [4.78, 5) is 50.7. The van der Waals surface area contributed by atoms with Crippen molar-refractivity contribution in [1.29, 1.82) is 0 Å². The van der Waals surface area contributed by atoms with Crippen LogP contribution in [0.25, 0.3) is 0 Å². The van der Waals surface area contributed by atoms with E-state index < -0.39 is 42.3 Å². The van der Waals surface area contributed by atoms with Crippen LogP contribution < -0.4 is 21.7 Å². The highest BCUT2D eigenvalue weighted by Gasteiger charge is 2.30. The molecule has 0 bridgehead atoms. The quantitative estimate of drug-likeness (QED) is 0.175. The highest BCUT2D eigenvalue weighted by Crippen LogP contribution is 2.08. The summed E-state index contributed by atoms with van der Waals surface area (Å²) in [6.45, 7) is 13.5. The number of nitrogens with zero attached hydrogens (tertiary/aromatic N) is 1. The summed E-state index contributed by atoms with van der Waals surface area (Å²) in [6, 6.07) is -2.82. The van der Waals surface area contributed by atoms with Crippen molar-refractivity contribution in [3.05, 3.63) is 0 Å². The van der Waals surface area contributed by atoms with Crippen LogP contribution in [0.1, 0.15) is 73.1 Å². The molecular weight excluding hydrogens is 426 g/mol. The number of unbranched alkanes of at least 4 members (excludes halogenated alkanes) is 1. The highest BCUT2D eigenvalue weighted by atomic mass is 16.4. The summed E-state index contributed by atoms with van der Waals surface area (Å²) in [6.07, 6.45) is 3.52. The van der Waals surface area contributed by atoms with Gasteiger partial charge in [-0.15, -0.1) is 0 Å². The Morgan fingerprint density at radius 1 is 0.879 bits per heavy atom. The molecule has 0 saturated carbocycles. The number of carbonyl (C=O) groups excluding carboxylic acids is 3. The third kappa shape index (κ3) is 13.2. The van der Waals surface area contributed by atoms with Crippen LogP contribution in [-0.4, -0.2) is 78.0 Å². The monoisotopic (exact) mass is 471 g/mol. The average molecular weight is 472 g/mol. The predicted octanol–water partition coefficient (Wildman–Crippen LogP) is 0.842. The second-order valence-corrected chi connectivity index (χ2v) is 8.75. The van der Waals surface area contributed by atoms with E-state index in [1.807, 2.05) is 20.8 Å². The molecule has 6 N–H and O–H groups in total. The Morgan fingerprint density at radius 3 is 1.91 bits per heavy atom. The number of carboxylic acids is 1. The van der Waals surface area contributed by atoms with E-state index in [-0.39, 0.29) is 11.8 Å². The molecule has 0 aromatic rings. The van der Waals surface area contributed by atoms with Gasteiger partial charge in [0.25, 0.3) is 0 Å². The number of aliphatic carboxylic acids is 1. The summed E-state index contributed by atoms with van der Waals surface area (Å²) in [5, 5.41) is 17.6. The minimum absolute atomic E-state index is 0.00642. The van der Waals surface area contributed by atoms with Crippen molar-refractivity contribution in [3.8, 4) is 0 Å². The predicted molar refractivity (Wildman–Crippen MR) is 128 cm³/mol. The molecule has 3 amide bonds. The zero-order valence-electron chi connectivity index (χ0n) is 21.0. The molecule has 0 aromatic carbocycles. The Kier molecular flexibility index (Phi) is 16.1. The Balaban J connectivity index is 5.28. The van der Waals surface area contributed by atoms with Crippen molar-refractivity contribution in [1.82, 2.24) is 20.9 Å². The van der Waals surface area contributed by atoms with Gasteiger partial charge in [0.1, 0.15) is 12.1 Å². The van der Waals surface area contributed by atoms with Gasteiger partial charge in [-0.1, -0.05) is 34.6 Å². The summed E-state index contributed by atoms with van der Waals surface area (Å²) < 4.78 is 0. The lowest BCUT2D eigenvalue weighted by Crippen LogP contribution is -2.56. The summed E-state index contributed by atoms with van der Waals surface area (Å²) >= 11 is 0. The molecule has 0 aliphatic carbocycles. The number of amides is 3. The van der Waals surface area contributed by atoms with Crippen LogP contribution in [0.2, 0.25) is 0 Å². The SMILES string of the molecule is CCCN(CCC)CCCC[C@H](NC(=O)[C@@H](NCC)C(C)C)C(=O)NC(CC(N)=O)C(=O)O. The second kappa shape index (κ2) is 17.3. The number of likely N-dealkylation sites (N-methyl/N-ethyl adjacent to an activating group) is 1. The fourth-order valence-electron chi connectivity index (χ4n) is 3.71. The van der Waals surface area contributed by atoms with E-state index in [1.54, 1.807) is 0 Å². The van der Waals surface area contributed by atoms with Gasteiger partial charge in [-0.25, -0.2) is 4.79 Å². The number of hydrogen-bond donors (Lipinski definition) is 5. The van der Waals surface area contributed by atoms with Gasteiger partial charge in [0.05, 0.1) is 12.5 Å². The normalized spacial score (nSPS) is 14.0. The molecule has 10 heteroatoms. The molecule has 1 unspecified atom stereocenters. The number of primary amides is 1. The van der Waals surface area contributed by atoms with Crippen molar-refractivity contribution in [3.63, 3.8) is 0 Å². The maximum absolute atomic E-state index is 12.9. The lowest BCUT2D eigenvalue weighted by molar-refractivity contribution is -0.143.